The van der Waals surface area contributed by atoms with Gasteiger partial charge in [-0.15, -0.1) is 11.3 Å². The van der Waals surface area contributed by atoms with Crippen molar-refractivity contribution in [3.63, 3.8) is 0 Å². The average molecular weight is 1100 g/mol. The van der Waals surface area contributed by atoms with Crippen LogP contribution >= 0.6 is 23.6 Å². The first-order valence-corrected chi connectivity index (χ1v) is 27.5. The van der Waals surface area contributed by atoms with Crippen LogP contribution in [0.25, 0.3) is 10.4 Å². The number of thiocarbonyl (C=S) groups is 1. The summed E-state index contributed by atoms with van der Waals surface area (Å²) < 4.78 is 47.2. The van der Waals surface area contributed by atoms with E-state index >= 15 is 0 Å². The van der Waals surface area contributed by atoms with Crippen molar-refractivity contribution in [3.05, 3.63) is 118 Å². The number of thiazole rings is 1. The van der Waals surface area contributed by atoms with E-state index in [-0.39, 0.29) is 54.0 Å². The van der Waals surface area contributed by atoms with Gasteiger partial charge in [-0.05, 0) is 138 Å². The van der Waals surface area contributed by atoms with Crippen LogP contribution in [0.3, 0.4) is 0 Å². The fraction of sp³-hybridized carbons (Fsp3) is 0.448. The quantitative estimate of drug-likeness (QED) is 0.0893. The number of nitrogens with zero attached hydrogens (tertiary/aromatic N) is 8. The molecule has 15 nitrogen and oxygen atoms in total. The minimum atomic E-state index is -4.81. The number of halogens is 3. The fourth-order valence-corrected chi connectivity index (χ4v) is 13.2. The number of amides is 4. The molecule has 20 heteroatoms. The molecule has 0 aliphatic carbocycles. The SMILES string of the molecule is Cc1cc([C@H](C(=O)N2CC(O)CC2(C(N)=O)[C@@H](CC(=O)N2CCC(N3CCC(C#Cc4ccc(N5C(=S)N(c6ccc(C#N)c(C(F)(F)F)c6)C(=O)C5(C)C)cc4)CC3)CC2)c2ccc(-c3scnc3C)cc2)C(C)C)on1. The number of aryl methyl sites for hydroxylation is 2. The zero-order valence-electron chi connectivity index (χ0n) is 44.3. The fourth-order valence-electron chi connectivity index (χ4n) is 11.9. The minimum absolute atomic E-state index is 0.00947. The first kappa shape index (κ1) is 55.8. The predicted molar refractivity (Wildman–Crippen MR) is 293 cm³/mol. The van der Waals surface area contributed by atoms with Crippen LogP contribution in [0.2, 0.25) is 0 Å². The summed E-state index contributed by atoms with van der Waals surface area (Å²) in [7, 11) is 0. The van der Waals surface area contributed by atoms with Gasteiger partial charge in [-0.3, -0.25) is 24.1 Å². The van der Waals surface area contributed by atoms with E-state index in [2.05, 4.69) is 26.9 Å². The van der Waals surface area contributed by atoms with Gasteiger partial charge in [-0.25, -0.2) is 4.98 Å². The Bertz CT molecular complexity index is 3220. The maximum Gasteiger partial charge on any atom is 0.417 e. The molecule has 0 saturated carbocycles. The third kappa shape index (κ3) is 10.7. The van der Waals surface area contributed by atoms with Gasteiger partial charge in [0.05, 0.1) is 50.8 Å². The van der Waals surface area contributed by atoms with Gasteiger partial charge < -0.3 is 35.0 Å². The maximum absolute atomic E-state index is 14.9. The summed E-state index contributed by atoms with van der Waals surface area (Å²) in [6.07, 6.45) is -2.93. The van der Waals surface area contributed by atoms with Crippen molar-refractivity contribution < 1.29 is 42.0 Å². The van der Waals surface area contributed by atoms with Crippen molar-refractivity contribution >= 4 is 63.7 Å². The van der Waals surface area contributed by atoms with Gasteiger partial charge in [0.25, 0.3) is 5.91 Å². The van der Waals surface area contributed by atoms with Crippen molar-refractivity contribution in [1.29, 1.82) is 5.26 Å². The van der Waals surface area contributed by atoms with Crippen LogP contribution < -0.4 is 15.5 Å². The number of carbonyl (C=O) groups is 4. The van der Waals surface area contributed by atoms with E-state index in [0.29, 0.717) is 35.8 Å². The third-order valence-electron chi connectivity index (χ3n) is 16.0. The van der Waals surface area contributed by atoms with Crippen LogP contribution in [-0.2, 0) is 25.4 Å². The third-order valence-corrected chi connectivity index (χ3v) is 17.4. The molecule has 0 radical (unpaired) electrons. The van der Waals surface area contributed by atoms with Gasteiger partial charge in [0.15, 0.2) is 5.11 Å². The average Bonchev–Trinajstić information content (AvgIpc) is 4.29. The number of nitrogens with two attached hydrogens (primary N) is 1. The second-order valence-electron chi connectivity index (χ2n) is 21.7. The normalized spacial score (nSPS) is 21.2. The number of hydrogen-bond acceptors (Lipinski definition) is 12. The lowest BCUT2D eigenvalue weighted by Crippen LogP contribution is -2.61. The van der Waals surface area contributed by atoms with Crippen LogP contribution in [0.5, 0.6) is 0 Å². The summed E-state index contributed by atoms with van der Waals surface area (Å²) in [5.41, 5.74) is 7.82. The molecule has 4 aliphatic heterocycles. The molecule has 408 valence electrons. The molecule has 6 heterocycles. The second-order valence-corrected chi connectivity index (χ2v) is 22.9. The molecule has 3 N–H and O–H groups in total. The van der Waals surface area contributed by atoms with E-state index in [1.807, 2.05) is 62.1 Å². The zero-order valence-corrected chi connectivity index (χ0v) is 46.0. The Morgan fingerprint density at radius 1 is 0.962 bits per heavy atom. The van der Waals surface area contributed by atoms with E-state index in [1.54, 1.807) is 55.4 Å². The summed E-state index contributed by atoms with van der Waals surface area (Å²) in [4.78, 5) is 71.3. The number of likely N-dealkylation sites (tertiary alicyclic amines) is 3. The number of β-amino-alcohol motifs (C(OH)–C–C–N with tert-alkyl or cyclic N) is 1. The Balaban J connectivity index is 0.847. The molecule has 4 amide bonds. The summed E-state index contributed by atoms with van der Waals surface area (Å²) in [6.45, 7) is 13.3. The number of primary amides is 1. The minimum Gasteiger partial charge on any atom is -0.391 e. The van der Waals surface area contributed by atoms with E-state index < -0.39 is 64.0 Å². The topological polar surface area (TPSA) is 193 Å². The van der Waals surface area contributed by atoms with E-state index in [9.17, 15) is 42.7 Å². The van der Waals surface area contributed by atoms with Gasteiger partial charge in [-0.1, -0.05) is 55.1 Å². The van der Waals surface area contributed by atoms with Crippen molar-refractivity contribution in [2.24, 2.45) is 17.6 Å². The number of piperidine rings is 2. The first-order chi connectivity index (χ1) is 37.0. The lowest BCUT2D eigenvalue weighted by molar-refractivity contribution is -0.149. The van der Waals surface area contributed by atoms with Gasteiger partial charge in [0, 0.05) is 67.7 Å². The Labute approximate surface area is 461 Å². The Morgan fingerprint density at radius 2 is 1.63 bits per heavy atom. The molecular weight excluding hydrogens is 1040 g/mol. The monoisotopic (exact) mass is 1100 g/mol. The van der Waals surface area contributed by atoms with Gasteiger partial charge in [0.2, 0.25) is 17.7 Å². The smallest absolute Gasteiger partial charge is 0.391 e. The molecule has 9 rings (SSSR count). The highest BCUT2D eigenvalue weighted by molar-refractivity contribution is 7.81. The van der Waals surface area contributed by atoms with E-state index in [1.165, 1.54) is 22.3 Å². The van der Waals surface area contributed by atoms with Gasteiger partial charge in [-0.2, -0.15) is 18.4 Å². The molecule has 0 spiro atoms. The summed E-state index contributed by atoms with van der Waals surface area (Å²) in [5.74, 6) is 3.34. The molecular formula is C58H62F3N9O6S2. The lowest BCUT2D eigenvalue weighted by Gasteiger charge is -2.44. The summed E-state index contributed by atoms with van der Waals surface area (Å²) in [5, 5.41) is 24.7. The molecule has 4 atom stereocenters. The number of aromatic nitrogens is 2. The molecule has 3 aromatic carbocycles. The molecule has 2 unspecified atom stereocenters. The number of aliphatic hydroxyl groups is 1. The second kappa shape index (κ2) is 22.0. The van der Waals surface area contributed by atoms with Crippen molar-refractivity contribution in [1.82, 2.24) is 24.8 Å². The van der Waals surface area contributed by atoms with Crippen molar-refractivity contribution in [3.8, 4) is 28.4 Å². The predicted octanol–water partition coefficient (Wildman–Crippen LogP) is 8.71. The maximum atomic E-state index is 14.9. The zero-order chi connectivity index (χ0) is 56.0. The van der Waals surface area contributed by atoms with E-state index in [4.69, 9.17) is 22.5 Å². The summed E-state index contributed by atoms with van der Waals surface area (Å²) in [6, 6.07) is 21.5. The number of nitriles is 1. The number of anilines is 2. The molecule has 2 aromatic heterocycles. The molecule has 4 fully saturated rings. The molecule has 4 aliphatic rings. The highest BCUT2D eigenvalue weighted by Gasteiger charge is 2.59. The largest absolute Gasteiger partial charge is 0.417 e. The first-order valence-electron chi connectivity index (χ1n) is 26.2. The molecule has 4 saturated heterocycles. The van der Waals surface area contributed by atoms with E-state index in [0.717, 1.165) is 77.5 Å². The lowest BCUT2D eigenvalue weighted by atomic mass is 9.73. The van der Waals surface area contributed by atoms with Gasteiger partial charge >= 0.3 is 6.18 Å². The Kier molecular flexibility index (Phi) is 15.8. The number of carbonyl (C=O) groups excluding carboxylic acids is 4. The van der Waals surface area contributed by atoms with Crippen LogP contribution in [0.4, 0.5) is 24.5 Å². The highest BCUT2D eigenvalue weighted by atomic mass is 32.1. The molecule has 5 aromatic rings. The van der Waals surface area contributed by atoms with Crippen molar-refractivity contribution in [2.45, 2.75) is 121 Å². The number of benzene rings is 3. The molecule has 0 bridgehead atoms. The highest BCUT2D eigenvalue weighted by Crippen LogP contribution is 2.47. The van der Waals surface area contributed by atoms with Crippen LogP contribution in [0.1, 0.15) is 117 Å². The Hall–Kier alpha value is -6.97. The van der Waals surface area contributed by atoms with Crippen LogP contribution in [-0.4, -0.2) is 115 Å². The number of hydrogen-bond donors (Lipinski definition) is 2. The Morgan fingerprint density at radius 3 is 2.21 bits per heavy atom. The van der Waals surface area contributed by atoms with Gasteiger partial charge in [0.1, 0.15) is 22.8 Å². The number of rotatable bonds is 12. The molecule has 78 heavy (non-hydrogen) atoms. The van der Waals surface area contributed by atoms with Crippen LogP contribution in [0, 0.1) is 48.9 Å². The van der Waals surface area contributed by atoms with Crippen molar-refractivity contribution in [2.75, 3.05) is 42.5 Å². The number of alkyl halides is 3. The summed E-state index contributed by atoms with van der Waals surface area (Å²) >= 11 is 7.22. The van der Waals surface area contributed by atoms with Crippen LogP contribution in [0.15, 0.2) is 82.8 Å². The number of aliphatic hydroxyl groups excluding tert-OH is 1. The standard InChI is InChI=1S/C58H62F3N9O6S2/c1-34(2)50(48-27-35(3)65-76-48)52(73)68-32-45(71)30-57(68,53(63)74)46(39-11-13-40(14-12-39)51-36(4)64-33-78-51)29-49(72)67-25-21-42(22-26-67)66-23-19-38(20-24-66)8-7-37-9-16-43(17-10-37)70-55(77)69(54(75)56(70,5)6)44-18-15-41(31-62)47(28-44)58(59,60)61/h9-18,27-28,33-34,38,42,45-46,50,71H,19-26,29-30,32H2,1-6H3,(H2,63,74)/t45?,46-,50+,57?/m0/s1.